The Hall–Kier alpha value is -2.43. The van der Waals surface area contributed by atoms with Crippen LogP contribution in [0.3, 0.4) is 0 Å². The van der Waals surface area contributed by atoms with Crippen LogP contribution < -0.4 is 0 Å². The maximum atomic E-state index is 11.6. The third-order valence-electron chi connectivity index (χ3n) is 2.13. The van der Waals surface area contributed by atoms with E-state index in [4.69, 9.17) is 5.11 Å². The molecule has 2 aromatic rings. The van der Waals surface area contributed by atoms with Gasteiger partial charge in [-0.05, 0) is 12.1 Å². The van der Waals surface area contributed by atoms with Crippen LogP contribution in [0.2, 0.25) is 0 Å². The van der Waals surface area contributed by atoms with Gasteiger partial charge in [-0.2, -0.15) is 0 Å². The molecule has 0 unspecified atom stereocenters. The molecule has 0 radical (unpaired) electrons. The van der Waals surface area contributed by atoms with Crippen LogP contribution in [0.25, 0.3) is 10.9 Å². The first-order valence-electron chi connectivity index (χ1n) is 4.55. The van der Waals surface area contributed by atoms with Crippen molar-refractivity contribution in [3.8, 4) is 0 Å². The number of ketones is 1. The first-order chi connectivity index (χ1) is 7.68. The zero-order chi connectivity index (χ0) is 11.5. The van der Waals surface area contributed by atoms with Gasteiger partial charge in [0.2, 0.25) is 0 Å². The topological polar surface area (TPSA) is 83.0 Å². The highest BCUT2D eigenvalue weighted by Crippen LogP contribution is 2.17. The van der Waals surface area contributed by atoms with E-state index in [1.54, 1.807) is 24.7 Å². The molecule has 0 saturated heterocycles. The zero-order valence-corrected chi connectivity index (χ0v) is 8.18. The third-order valence-corrected chi connectivity index (χ3v) is 2.13. The molecule has 0 aliphatic carbocycles. The normalized spacial score (nSPS) is 11.0. The molecule has 5 nitrogen and oxygen atoms in total. The number of hydrogen-bond acceptors (Lipinski definition) is 3. The SMILES string of the molecule is O=C(O)/C=C/C(=O)c1c[nH]c2ccncc12. The predicted molar refractivity (Wildman–Crippen MR) is 57.2 cm³/mol. The van der Waals surface area contributed by atoms with Crippen LogP contribution in [0.1, 0.15) is 10.4 Å². The number of pyridine rings is 1. The molecule has 5 heteroatoms. The van der Waals surface area contributed by atoms with E-state index < -0.39 is 5.97 Å². The Balaban J connectivity index is 2.40. The van der Waals surface area contributed by atoms with E-state index >= 15 is 0 Å². The summed E-state index contributed by atoms with van der Waals surface area (Å²) in [4.78, 5) is 28.7. The van der Waals surface area contributed by atoms with E-state index in [9.17, 15) is 9.59 Å². The molecule has 0 fully saturated rings. The van der Waals surface area contributed by atoms with Crippen molar-refractivity contribution in [2.45, 2.75) is 0 Å². The van der Waals surface area contributed by atoms with Crippen LogP contribution in [0.5, 0.6) is 0 Å². The lowest BCUT2D eigenvalue weighted by atomic mass is 10.1. The Kier molecular flexibility index (Phi) is 2.51. The predicted octanol–water partition coefficient (Wildman–Crippen LogP) is 1.39. The summed E-state index contributed by atoms with van der Waals surface area (Å²) in [5.74, 6) is -1.51. The fourth-order valence-electron chi connectivity index (χ4n) is 1.40. The molecular weight excluding hydrogens is 208 g/mol. The number of hydrogen-bond donors (Lipinski definition) is 2. The van der Waals surface area contributed by atoms with Gasteiger partial charge in [-0.3, -0.25) is 9.78 Å². The molecule has 0 aromatic carbocycles. The van der Waals surface area contributed by atoms with Crippen LogP contribution in [0, 0.1) is 0 Å². The maximum absolute atomic E-state index is 11.6. The minimum absolute atomic E-state index is 0.360. The number of aromatic amines is 1. The summed E-state index contributed by atoms with van der Waals surface area (Å²) in [6.07, 6.45) is 6.56. The van der Waals surface area contributed by atoms with Crippen LogP contribution in [-0.4, -0.2) is 26.8 Å². The molecule has 0 atom stereocenters. The highest BCUT2D eigenvalue weighted by molar-refractivity contribution is 6.14. The number of rotatable bonds is 3. The highest BCUT2D eigenvalue weighted by Gasteiger charge is 2.09. The minimum Gasteiger partial charge on any atom is -0.478 e. The van der Waals surface area contributed by atoms with Crippen molar-refractivity contribution < 1.29 is 14.7 Å². The number of H-pyrrole nitrogens is 1. The van der Waals surface area contributed by atoms with E-state index in [-0.39, 0.29) is 5.78 Å². The van der Waals surface area contributed by atoms with Crippen molar-refractivity contribution in [2.75, 3.05) is 0 Å². The number of carbonyl (C=O) groups excluding carboxylic acids is 1. The van der Waals surface area contributed by atoms with Crippen molar-refractivity contribution in [3.63, 3.8) is 0 Å². The first kappa shape index (κ1) is 10.1. The Morgan fingerprint density at radius 3 is 2.94 bits per heavy atom. The number of allylic oxidation sites excluding steroid dienone is 1. The number of nitrogens with zero attached hydrogens (tertiary/aromatic N) is 1. The summed E-state index contributed by atoms with van der Waals surface area (Å²) >= 11 is 0. The smallest absolute Gasteiger partial charge is 0.328 e. The molecule has 2 N–H and O–H groups in total. The van der Waals surface area contributed by atoms with Crippen LogP contribution in [0.15, 0.2) is 36.8 Å². The largest absolute Gasteiger partial charge is 0.478 e. The number of carboxylic acids is 1. The second-order valence-corrected chi connectivity index (χ2v) is 3.16. The van der Waals surface area contributed by atoms with Crippen molar-refractivity contribution in [2.24, 2.45) is 0 Å². The molecule has 0 bridgehead atoms. The molecule has 0 spiro atoms. The third kappa shape index (κ3) is 1.83. The van der Waals surface area contributed by atoms with Crippen molar-refractivity contribution in [3.05, 3.63) is 42.4 Å². The molecule has 16 heavy (non-hydrogen) atoms. The Bertz CT molecular complexity index is 584. The van der Waals surface area contributed by atoms with Gasteiger partial charge in [-0.25, -0.2) is 4.79 Å². The van der Waals surface area contributed by atoms with E-state index in [0.29, 0.717) is 10.9 Å². The van der Waals surface area contributed by atoms with Gasteiger partial charge in [0.25, 0.3) is 0 Å². The van der Waals surface area contributed by atoms with Gasteiger partial charge in [0.15, 0.2) is 5.78 Å². The van der Waals surface area contributed by atoms with Crippen LogP contribution in [0.4, 0.5) is 0 Å². The number of fused-ring (bicyclic) bond motifs is 1. The highest BCUT2D eigenvalue weighted by atomic mass is 16.4. The number of aromatic nitrogens is 2. The zero-order valence-electron chi connectivity index (χ0n) is 8.18. The lowest BCUT2D eigenvalue weighted by Gasteiger charge is -1.91. The maximum Gasteiger partial charge on any atom is 0.328 e. The second-order valence-electron chi connectivity index (χ2n) is 3.16. The van der Waals surface area contributed by atoms with Gasteiger partial charge in [0, 0.05) is 41.1 Å². The minimum atomic E-state index is -1.15. The molecule has 2 rings (SSSR count). The van der Waals surface area contributed by atoms with Crippen molar-refractivity contribution in [1.29, 1.82) is 0 Å². The van der Waals surface area contributed by atoms with E-state index in [1.807, 2.05) is 0 Å². The van der Waals surface area contributed by atoms with Crippen LogP contribution in [-0.2, 0) is 4.79 Å². The first-order valence-corrected chi connectivity index (χ1v) is 4.55. The number of carboxylic acid groups (broad SMARTS) is 1. The summed E-state index contributed by atoms with van der Waals surface area (Å²) < 4.78 is 0. The quantitative estimate of drug-likeness (QED) is 0.599. The molecular formula is C11H8N2O3. The summed E-state index contributed by atoms with van der Waals surface area (Å²) in [7, 11) is 0. The van der Waals surface area contributed by atoms with E-state index in [1.165, 1.54) is 0 Å². The van der Waals surface area contributed by atoms with Gasteiger partial charge in [0.1, 0.15) is 0 Å². The lowest BCUT2D eigenvalue weighted by molar-refractivity contribution is -0.131. The monoisotopic (exact) mass is 216 g/mol. The lowest BCUT2D eigenvalue weighted by Crippen LogP contribution is -1.95. The van der Waals surface area contributed by atoms with Gasteiger partial charge < -0.3 is 10.1 Å². The van der Waals surface area contributed by atoms with Gasteiger partial charge >= 0.3 is 5.97 Å². The summed E-state index contributed by atoms with van der Waals surface area (Å²) in [6.45, 7) is 0. The fraction of sp³-hybridized carbons (Fsp3) is 0. The summed E-state index contributed by atoms with van der Waals surface area (Å²) in [5.41, 5.74) is 1.21. The molecule has 0 aliphatic heterocycles. The van der Waals surface area contributed by atoms with Gasteiger partial charge in [0.05, 0.1) is 0 Å². The second kappa shape index (κ2) is 3.98. The average molecular weight is 216 g/mol. The summed E-state index contributed by atoms with van der Waals surface area (Å²) in [5, 5.41) is 9.10. The molecule has 2 aromatic heterocycles. The molecule has 0 aliphatic rings. The van der Waals surface area contributed by atoms with Gasteiger partial charge in [-0.1, -0.05) is 0 Å². The van der Waals surface area contributed by atoms with Crippen molar-refractivity contribution in [1.82, 2.24) is 9.97 Å². The van der Waals surface area contributed by atoms with Crippen molar-refractivity contribution >= 4 is 22.7 Å². The van der Waals surface area contributed by atoms with E-state index in [0.717, 1.165) is 17.7 Å². The fourth-order valence-corrected chi connectivity index (χ4v) is 1.40. The number of carbonyl (C=O) groups is 2. The Labute approximate surface area is 90.4 Å². The summed E-state index contributed by atoms with van der Waals surface area (Å²) in [6, 6.07) is 1.74. The average Bonchev–Trinajstić information content (AvgIpc) is 2.69. The Morgan fingerprint density at radius 1 is 1.38 bits per heavy atom. The molecule has 2 heterocycles. The Morgan fingerprint density at radius 2 is 2.19 bits per heavy atom. The van der Waals surface area contributed by atoms with E-state index in [2.05, 4.69) is 9.97 Å². The molecule has 0 saturated carbocycles. The number of nitrogens with one attached hydrogen (secondary N) is 1. The number of aliphatic carboxylic acids is 1. The van der Waals surface area contributed by atoms with Gasteiger partial charge in [-0.15, -0.1) is 0 Å². The standard InChI is InChI=1S/C11H8N2O3/c14-10(1-2-11(15)16)8-6-13-9-3-4-12-5-7(8)9/h1-6,13H,(H,15,16)/b2-1+. The molecule has 0 amide bonds. The molecule has 80 valence electrons. The van der Waals surface area contributed by atoms with Crippen LogP contribution >= 0.6 is 0 Å².